The average molecular weight is 317 g/mol. The first-order chi connectivity index (χ1) is 11.1. The molecule has 23 heavy (non-hydrogen) atoms. The van der Waals surface area contributed by atoms with Crippen molar-refractivity contribution in [1.82, 2.24) is 4.90 Å². The summed E-state index contributed by atoms with van der Waals surface area (Å²) in [5.41, 5.74) is -0.0662. The van der Waals surface area contributed by atoms with Crippen molar-refractivity contribution in [3.8, 4) is 0 Å². The van der Waals surface area contributed by atoms with Gasteiger partial charge in [-0.3, -0.25) is 0 Å². The summed E-state index contributed by atoms with van der Waals surface area (Å²) in [7, 11) is 0. The van der Waals surface area contributed by atoms with Gasteiger partial charge in [0.15, 0.2) is 0 Å². The lowest BCUT2D eigenvalue weighted by Crippen LogP contribution is -2.41. The third-order valence-electron chi connectivity index (χ3n) is 5.39. The van der Waals surface area contributed by atoms with E-state index in [1.807, 2.05) is 37.3 Å². The van der Waals surface area contributed by atoms with Crippen LogP contribution in [-0.4, -0.2) is 35.3 Å². The van der Waals surface area contributed by atoms with Crippen LogP contribution in [0.25, 0.3) is 0 Å². The molecule has 1 saturated carbocycles. The zero-order valence-corrected chi connectivity index (χ0v) is 13.9. The topological polar surface area (TPSA) is 49.8 Å². The molecule has 1 amide bonds. The maximum absolute atomic E-state index is 12.4. The Hall–Kier alpha value is -1.55. The van der Waals surface area contributed by atoms with E-state index < -0.39 is 5.60 Å². The molecule has 0 radical (unpaired) electrons. The Morgan fingerprint density at radius 2 is 1.96 bits per heavy atom. The fourth-order valence-electron chi connectivity index (χ4n) is 4.22. The summed E-state index contributed by atoms with van der Waals surface area (Å²) in [5, 5.41) is 11.2. The molecule has 0 bridgehead atoms. The molecule has 2 aliphatic rings. The largest absolute Gasteiger partial charge is 0.450 e. The molecular formula is C19H27NO3. The molecule has 2 unspecified atom stereocenters. The molecule has 2 fully saturated rings. The number of nitrogens with zero attached hydrogens (tertiary/aromatic N) is 1. The summed E-state index contributed by atoms with van der Waals surface area (Å²) < 4.78 is 5.25. The van der Waals surface area contributed by atoms with Gasteiger partial charge in [0.2, 0.25) is 0 Å². The molecule has 1 aromatic carbocycles. The Labute approximate surface area is 138 Å². The predicted molar refractivity (Wildman–Crippen MR) is 89.0 cm³/mol. The van der Waals surface area contributed by atoms with Gasteiger partial charge < -0.3 is 14.7 Å². The fraction of sp³-hybridized carbons (Fsp3) is 0.632. The van der Waals surface area contributed by atoms with Crippen molar-refractivity contribution in [3.05, 3.63) is 35.9 Å². The Bertz CT molecular complexity index is 527. The summed E-state index contributed by atoms with van der Waals surface area (Å²) in [6.45, 7) is 2.53. The van der Waals surface area contributed by atoms with Gasteiger partial charge in [0, 0.05) is 12.5 Å². The molecular weight excluding hydrogens is 290 g/mol. The van der Waals surface area contributed by atoms with Crippen LogP contribution >= 0.6 is 0 Å². The number of benzene rings is 1. The Morgan fingerprint density at radius 1 is 1.26 bits per heavy atom. The van der Waals surface area contributed by atoms with Crippen LogP contribution in [0.2, 0.25) is 0 Å². The van der Waals surface area contributed by atoms with Crippen molar-refractivity contribution >= 4 is 6.09 Å². The molecule has 0 aromatic heterocycles. The highest BCUT2D eigenvalue weighted by Gasteiger charge is 2.48. The van der Waals surface area contributed by atoms with Gasteiger partial charge in [0.1, 0.15) is 5.60 Å². The van der Waals surface area contributed by atoms with Gasteiger partial charge in [-0.05, 0) is 31.2 Å². The molecule has 126 valence electrons. The average Bonchev–Trinajstić information content (AvgIpc) is 2.96. The molecule has 1 aromatic rings. The third kappa shape index (κ3) is 3.37. The minimum absolute atomic E-state index is 0.0829. The summed E-state index contributed by atoms with van der Waals surface area (Å²) in [6.07, 6.45) is 6.35. The molecule has 1 aliphatic carbocycles. The second-order valence-corrected chi connectivity index (χ2v) is 6.89. The highest BCUT2D eigenvalue weighted by molar-refractivity contribution is 5.69. The fourth-order valence-corrected chi connectivity index (χ4v) is 4.22. The Balaban J connectivity index is 1.84. The van der Waals surface area contributed by atoms with Gasteiger partial charge in [0.05, 0.1) is 13.2 Å². The van der Waals surface area contributed by atoms with Crippen molar-refractivity contribution < 1.29 is 14.6 Å². The number of β-amino-alcohol motifs (C(OH)–C–C–N with tert-alkyl or cyclic N) is 1. The molecule has 0 spiro atoms. The number of rotatable bonds is 3. The molecule has 1 aliphatic heterocycles. The second-order valence-electron chi connectivity index (χ2n) is 6.89. The first-order valence-electron chi connectivity index (χ1n) is 8.85. The van der Waals surface area contributed by atoms with Crippen LogP contribution in [0.15, 0.2) is 30.3 Å². The van der Waals surface area contributed by atoms with Gasteiger partial charge in [-0.1, -0.05) is 49.6 Å². The van der Waals surface area contributed by atoms with Crippen LogP contribution in [0.3, 0.4) is 0 Å². The standard InChI is InChI=1S/C19H27NO3/c1-2-23-18(21)20-14-19(22,16-11-7-4-8-12-16)13-17(20)15-9-5-3-6-10-15/h4,7-8,11-12,15,17,22H,2-3,5-6,9-10,13-14H2,1H3. The van der Waals surface area contributed by atoms with Crippen LogP contribution in [0.1, 0.15) is 51.0 Å². The Morgan fingerprint density at radius 3 is 2.61 bits per heavy atom. The minimum Gasteiger partial charge on any atom is -0.450 e. The van der Waals surface area contributed by atoms with E-state index in [9.17, 15) is 9.90 Å². The van der Waals surface area contributed by atoms with Gasteiger partial charge in [0.25, 0.3) is 0 Å². The van der Waals surface area contributed by atoms with Crippen LogP contribution < -0.4 is 0 Å². The number of aliphatic hydroxyl groups is 1. The number of amides is 1. The van der Waals surface area contributed by atoms with Gasteiger partial charge in [-0.2, -0.15) is 0 Å². The first-order valence-corrected chi connectivity index (χ1v) is 8.85. The van der Waals surface area contributed by atoms with Crippen LogP contribution in [0, 0.1) is 5.92 Å². The number of hydrogen-bond acceptors (Lipinski definition) is 3. The smallest absolute Gasteiger partial charge is 0.410 e. The minimum atomic E-state index is -0.962. The first kappa shape index (κ1) is 16.3. The van der Waals surface area contributed by atoms with E-state index in [1.54, 1.807) is 4.90 Å². The van der Waals surface area contributed by atoms with Crippen molar-refractivity contribution in [2.75, 3.05) is 13.2 Å². The van der Waals surface area contributed by atoms with Gasteiger partial charge in [-0.25, -0.2) is 4.79 Å². The highest BCUT2D eigenvalue weighted by Crippen LogP contribution is 2.42. The number of carbonyl (C=O) groups excluding carboxylic acids is 1. The second kappa shape index (κ2) is 6.91. The van der Waals surface area contributed by atoms with Crippen molar-refractivity contribution in [3.63, 3.8) is 0 Å². The van der Waals surface area contributed by atoms with Gasteiger partial charge in [-0.15, -0.1) is 0 Å². The van der Waals surface area contributed by atoms with E-state index in [0.29, 0.717) is 25.5 Å². The highest BCUT2D eigenvalue weighted by atomic mass is 16.6. The molecule has 1 heterocycles. The van der Waals surface area contributed by atoms with Crippen LogP contribution in [-0.2, 0) is 10.3 Å². The van der Waals surface area contributed by atoms with E-state index in [1.165, 1.54) is 19.3 Å². The quantitative estimate of drug-likeness (QED) is 0.925. The Kier molecular flexibility index (Phi) is 4.90. The monoisotopic (exact) mass is 317 g/mol. The summed E-state index contributed by atoms with van der Waals surface area (Å²) in [4.78, 5) is 14.2. The van der Waals surface area contributed by atoms with Crippen LogP contribution in [0.5, 0.6) is 0 Å². The maximum Gasteiger partial charge on any atom is 0.410 e. The van der Waals surface area contributed by atoms with E-state index >= 15 is 0 Å². The zero-order valence-electron chi connectivity index (χ0n) is 13.9. The third-order valence-corrected chi connectivity index (χ3v) is 5.39. The number of ether oxygens (including phenoxy) is 1. The maximum atomic E-state index is 12.4. The lowest BCUT2D eigenvalue weighted by Gasteiger charge is -2.33. The van der Waals surface area contributed by atoms with E-state index in [2.05, 4.69) is 0 Å². The molecule has 4 heteroatoms. The predicted octanol–water partition coefficient (Wildman–Crippen LogP) is 3.69. The zero-order chi connectivity index (χ0) is 16.3. The van der Waals surface area contributed by atoms with Crippen molar-refractivity contribution in [1.29, 1.82) is 0 Å². The van der Waals surface area contributed by atoms with Gasteiger partial charge >= 0.3 is 6.09 Å². The molecule has 2 atom stereocenters. The van der Waals surface area contributed by atoms with E-state index in [4.69, 9.17) is 4.74 Å². The number of carbonyl (C=O) groups is 1. The summed E-state index contributed by atoms with van der Waals surface area (Å²) in [5.74, 6) is 0.478. The van der Waals surface area contributed by atoms with Crippen molar-refractivity contribution in [2.45, 2.75) is 57.1 Å². The lowest BCUT2D eigenvalue weighted by molar-refractivity contribution is 0.0423. The number of hydrogen-bond donors (Lipinski definition) is 1. The van der Waals surface area contributed by atoms with Crippen LogP contribution in [0.4, 0.5) is 4.79 Å². The SMILES string of the molecule is CCOC(=O)N1CC(O)(c2ccccc2)CC1C1CCCCC1. The number of likely N-dealkylation sites (tertiary alicyclic amines) is 1. The molecule has 3 rings (SSSR count). The molecule has 1 saturated heterocycles. The molecule has 4 nitrogen and oxygen atoms in total. The van der Waals surface area contributed by atoms with E-state index in [-0.39, 0.29) is 12.1 Å². The van der Waals surface area contributed by atoms with Crippen molar-refractivity contribution in [2.24, 2.45) is 5.92 Å². The summed E-state index contributed by atoms with van der Waals surface area (Å²) in [6, 6.07) is 9.81. The molecule has 1 N–H and O–H groups in total. The van der Waals surface area contributed by atoms with E-state index in [0.717, 1.165) is 18.4 Å². The summed E-state index contributed by atoms with van der Waals surface area (Å²) >= 11 is 0. The normalized spacial score (nSPS) is 28.8. The lowest BCUT2D eigenvalue weighted by atomic mass is 9.80.